The highest BCUT2D eigenvalue weighted by Gasteiger charge is 2.27. The van der Waals surface area contributed by atoms with Crippen molar-refractivity contribution in [1.82, 2.24) is 15.0 Å². The maximum atomic E-state index is 6.15. The maximum Gasteiger partial charge on any atom is 0.138 e. The van der Waals surface area contributed by atoms with Crippen LogP contribution in [0.2, 0.25) is 0 Å². The highest BCUT2D eigenvalue weighted by atomic mass is 16.5. The Kier molecular flexibility index (Phi) is 5.04. The number of nitrogens with one attached hydrogen (secondary N) is 1. The molecule has 0 amide bonds. The van der Waals surface area contributed by atoms with E-state index in [0.717, 1.165) is 34.7 Å². The van der Waals surface area contributed by atoms with Crippen molar-refractivity contribution in [3.8, 4) is 0 Å². The Morgan fingerprint density at radius 1 is 1.15 bits per heavy atom. The zero-order valence-corrected chi connectivity index (χ0v) is 14.8. The SMILES string of the molecule is Cc1nc(N[C@@H]2COCC[C@H]2OCc2ccccn2)c2ccccc2n1. The van der Waals surface area contributed by atoms with Crippen molar-refractivity contribution in [2.45, 2.75) is 32.1 Å². The van der Waals surface area contributed by atoms with Gasteiger partial charge >= 0.3 is 0 Å². The third kappa shape index (κ3) is 3.81. The quantitative estimate of drug-likeness (QED) is 0.762. The molecule has 1 aromatic carbocycles. The van der Waals surface area contributed by atoms with Crippen LogP contribution in [0.25, 0.3) is 10.9 Å². The van der Waals surface area contributed by atoms with Crippen molar-refractivity contribution in [1.29, 1.82) is 0 Å². The van der Waals surface area contributed by atoms with Gasteiger partial charge in [0.1, 0.15) is 11.6 Å². The molecule has 6 heteroatoms. The lowest BCUT2D eigenvalue weighted by atomic mass is 10.1. The highest BCUT2D eigenvalue weighted by Crippen LogP contribution is 2.23. The van der Waals surface area contributed by atoms with Gasteiger partial charge in [-0.05, 0) is 37.6 Å². The minimum Gasteiger partial charge on any atom is -0.379 e. The number of aryl methyl sites for hydroxylation is 1. The summed E-state index contributed by atoms with van der Waals surface area (Å²) in [6, 6.07) is 13.9. The van der Waals surface area contributed by atoms with E-state index < -0.39 is 0 Å². The van der Waals surface area contributed by atoms with Gasteiger partial charge in [0.05, 0.1) is 36.6 Å². The second-order valence-corrected chi connectivity index (χ2v) is 6.42. The first-order valence-electron chi connectivity index (χ1n) is 8.89. The average molecular weight is 350 g/mol. The molecule has 134 valence electrons. The summed E-state index contributed by atoms with van der Waals surface area (Å²) >= 11 is 0. The second kappa shape index (κ2) is 7.76. The van der Waals surface area contributed by atoms with E-state index in [1.807, 2.05) is 49.4 Å². The zero-order chi connectivity index (χ0) is 17.8. The fraction of sp³-hybridized carbons (Fsp3) is 0.350. The summed E-state index contributed by atoms with van der Waals surface area (Å²) in [5.74, 6) is 1.57. The molecule has 4 rings (SSSR count). The number of ether oxygens (including phenoxy) is 2. The third-order valence-corrected chi connectivity index (χ3v) is 4.50. The Bertz CT molecular complexity index is 872. The molecule has 1 saturated heterocycles. The molecule has 1 aliphatic rings. The van der Waals surface area contributed by atoms with Crippen LogP contribution >= 0.6 is 0 Å². The van der Waals surface area contributed by atoms with E-state index in [4.69, 9.17) is 9.47 Å². The molecule has 0 unspecified atom stereocenters. The Morgan fingerprint density at radius 2 is 2.04 bits per heavy atom. The van der Waals surface area contributed by atoms with E-state index in [1.165, 1.54) is 0 Å². The Balaban J connectivity index is 1.52. The molecule has 2 aromatic heterocycles. The number of rotatable bonds is 5. The van der Waals surface area contributed by atoms with Gasteiger partial charge in [0, 0.05) is 18.2 Å². The van der Waals surface area contributed by atoms with E-state index >= 15 is 0 Å². The van der Waals surface area contributed by atoms with Crippen LogP contribution in [0.15, 0.2) is 48.7 Å². The van der Waals surface area contributed by atoms with Crippen molar-refractivity contribution in [2.24, 2.45) is 0 Å². The molecular formula is C20H22N4O2. The van der Waals surface area contributed by atoms with Crippen molar-refractivity contribution in [2.75, 3.05) is 18.5 Å². The Hall–Kier alpha value is -2.57. The Labute approximate surface area is 152 Å². The van der Waals surface area contributed by atoms with Gasteiger partial charge in [-0.2, -0.15) is 0 Å². The first-order valence-corrected chi connectivity index (χ1v) is 8.89. The van der Waals surface area contributed by atoms with Crippen LogP contribution < -0.4 is 5.32 Å². The molecule has 0 saturated carbocycles. The van der Waals surface area contributed by atoms with Crippen LogP contribution in [0, 0.1) is 6.92 Å². The number of para-hydroxylation sites is 1. The van der Waals surface area contributed by atoms with Crippen LogP contribution in [-0.4, -0.2) is 40.3 Å². The lowest BCUT2D eigenvalue weighted by Gasteiger charge is -2.32. The molecule has 0 bridgehead atoms. The molecule has 0 radical (unpaired) electrons. The number of pyridine rings is 1. The van der Waals surface area contributed by atoms with Gasteiger partial charge in [-0.3, -0.25) is 4.98 Å². The fourth-order valence-electron chi connectivity index (χ4n) is 3.21. The number of fused-ring (bicyclic) bond motifs is 1. The molecule has 1 fully saturated rings. The minimum absolute atomic E-state index is 0.0326. The van der Waals surface area contributed by atoms with E-state index in [1.54, 1.807) is 6.20 Å². The molecule has 3 aromatic rings. The van der Waals surface area contributed by atoms with Crippen molar-refractivity contribution >= 4 is 16.7 Å². The second-order valence-electron chi connectivity index (χ2n) is 6.42. The number of aromatic nitrogens is 3. The molecule has 6 nitrogen and oxygen atoms in total. The summed E-state index contributed by atoms with van der Waals surface area (Å²) in [7, 11) is 0. The van der Waals surface area contributed by atoms with Crippen LogP contribution in [-0.2, 0) is 16.1 Å². The average Bonchev–Trinajstić information content (AvgIpc) is 2.68. The molecule has 1 N–H and O–H groups in total. The van der Waals surface area contributed by atoms with Gasteiger partial charge < -0.3 is 14.8 Å². The van der Waals surface area contributed by atoms with Crippen molar-refractivity contribution in [3.05, 3.63) is 60.2 Å². The number of nitrogens with zero attached hydrogens (tertiary/aromatic N) is 3. The van der Waals surface area contributed by atoms with Gasteiger partial charge in [-0.15, -0.1) is 0 Å². The lowest BCUT2D eigenvalue weighted by molar-refractivity contribution is -0.0486. The summed E-state index contributed by atoms with van der Waals surface area (Å²) in [5.41, 5.74) is 1.87. The molecule has 2 atom stereocenters. The minimum atomic E-state index is 0.0326. The topological polar surface area (TPSA) is 69.2 Å². The number of hydrogen-bond acceptors (Lipinski definition) is 6. The molecule has 0 aliphatic carbocycles. The molecule has 3 heterocycles. The number of anilines is 1. The smallest absolute Gasteiger partial charge is 0.138 e. The van der Waals surface area contributed by atoms with Gasteiger partial charge in [0.25, 0.3) is 0 Å². The first kappa shape index (κ1) is 16.9. The predicted molar refractivity (Wildman–Crippen MR) is 99.9 cm³/mol. The van der Waals surface area contributed by atoms with Gasteiger partial charge in [0.2, 0.25) is 0 Å². The summed E-state index contributed by atoms with van der Waals surface area (Å²) in [5, 5.41) is 4.54. The zero-order valence-electron chi connectivity index (χ0n) is 14.8. The largest absolute Gasteiger partial charge is 0.379 e. The van der Waals surface area contributed by atoms with E-state index in [0.29, 0.717) is 19.8 Å². The summed E-state index contributed by atoms with van der Waals surface area (Å²) in [6.07, 6.45) is 2.67. The van der Waals surface area contributed by atoms with Crippen LogP contribution in [0.4, 0.5) is 5.82 Å². The predicted octanol–water partition coefficient (Wildman–Crippen LogP) is 3.12. The van der Waals surface area contributed by atoms with Crippen molar-refractivity contribution in [3.63, 3.8) is 0 Å². The highest BCUT2D eigenvalue weighted by molar-refractivity contribution is 5.89. The standard InChI is InChI=1S/C20H22N4O2/c1-14-22-17-8-3-2-7-16(17)20(23-14)24-18-13-25-11-9-19(18)26-12-15-6-4-5-10-21-15/h2-8,10,18-19H,9,11-13H2,1H3,(H,22,23,24)/t18-,19-/m1/s1. The van der Waals surface area contributed by atoms with E-state index in [-0.39, 0.29) is 12.1 Å². The van der Waals surface area contributed by atoms with Crippen molar-refractivity contribution < 1.29 is 9.47 Å². The number of benzene rings is 1. The lowest BCUT2D eigenvalue weighted by Crippen LogP contribution is -2.44. The fourth-order valence-corrected chi connectivity index (χ4v) is 3.21. The van der Waals surface area contributed by atoms with Crippen LogP contribution in [0.5, 0.6) is 0 Å². The van der Waals surface area contributed by atoms with Crippen LogP contribution in [0.3, 0.4) is 0 Å². The van der Waals surface area contributed by atoms with Gasteiger partial charge in [0.15, 0.2) is 0 Å². The van der Waals surface area contributed by atoms with Gasteiger partial charge in [-0.25, -0.2) is 9.97 Å². The summed E-state index contributed by atoms with van der Waals surface area (Å²) in [6.45, 7) is 3.69. The Morgan fingerprint density at radius 3 is 2.92 bits per heavy atom. The molecular weight excluding hydrogens is 328 g/mol. The van der Waals surface area contributed by atoms with Gasteiger partial charge in [-0.1, -0.05) is 18.2 Å². The van der Waals surface area contributed by atoms with E-state index in [2.05, 4.69) is 20.3 Å². The molecule has 0 spiro atoms. The molecule has 1 aliphatic heterocycles. The first-order chi connectivity index (χ1) is 12.8. The maximum absolute atomic E-state index is 6.15. The molecule has 26 heavy (non-hydrogen) atoms. The summed E-state index contributed by atoms with van der Waals surface area (Å²) in [4.78, 5) is 13.4. The van der Waals surface area contributed by atoms with E-state index in [9.17, 15) is 0 Å². The monoisotopic (exact) mass is 350 g/mol. The summed E-state index contributed by atoms with van der Waals surface area (Å²) < 4.78 is 11.8. The normalized spacial score (nSPS) is 20.2. The van der Waals surface area contributed by atoms with Crippen LogP contribution in [0.1, 0.15) is 17.9 Å². The third-order valence-electron chi connectivity index (χ3n) is 4.50. The number of hydrogen-bond donors (Lipinski definition) is 1.